The first-order valence-corrected chi connectivity index (χ1v) is 9.90. The fourth-order valence-electron chi connectivity index (χ4n) is 3.36. The van der Waals surface area contributed by atoms with Crippen LogP contribution in [0.2, 0.25) is 0 Å². The monoisotopic (exact) mass is 319 g/mol. The van der Waals surface area contributed by atoms with Crippen molar-refractivity contribution in [2.75, 3.05) is 0 Å². The number of nitrogens with one attached hydrogen (secondary N) is 1. The Kier molecular flexibility index (Phi) is 5.50. The van der Waals surface area contributed by atoms with Crippen LogP contribution >= 0.6 is 22.7 Å². The Labute approximate surface area is 136 Å². The predicted octanol–water partition coefficient (Wildman–Crippen LogP) is 5.65. The zero-order valence-corrected chi connectivity index (χ0v) is 14.4. The Balaban J connectivity index is 1.72. The summed E-state index contributed by atoms with van der Waals surface area (Å²) in [5.41, 5.74) is 0. The maximum Gasteiger partial charge on any atom is 0.0465 e. The molecule has 0 bridgehead atoms. The van der Waals surface area contributed by atoms with E-state index in [-0.39, 0.29) is 0 Å². The topological polar surface area (TPSA) is 12.0 Å². The van der Waals surface area contributed by atoms with E-state index in [0.29, 0.717) is 12.1 Å². The third kappa shape index (κ3) is 4.18. The highest BCUT2D eigenvalue weighted by atomic mass is 32.1. The number of hydrogen-bond donors (Lipinski definition) is 1. The van der Waals surface area contributed by atoms with Gasteiger partial charge in [0.2, 0.25) is 0 Å². The lowest BCUT2D eigenvalue weighted by molar-refractivity contribution is 0.323. The lowest BCUT2D eigenvalue weighted by atomic mass is 9.95. The molecule has 0 saturated heterocycles. The Morgan fingerprint density at radius 3 is 2.67 bits per heavy atom. The highest BCUT2D eigenvalue weighted by molar-refractivity contribution is 7.10. The average molecular weight is 320 g/mol. The lowest BCUT2D eigenvalue weighted by Crippen LogP contribution is -2.37. The van der Waals surface area contributed by atoms with Crippen molar-refractivity contribution in [2.24, 2.45) is 5.92 Å². The summed E-state index contributed by atoms with van der Waals surface area (Å²) >= 11 is 3.77. The van der Waals surface area contributed by atoms with Crippen LogP contribution in [-0.4, -0.2) is 6.04 Å². The maximum absolute atomic E-state index is 4.00. The number of rotatable bonds is 5. The van der Waals surface area contributed by atoms with Gasteiger partial charge in [-0.3, -0.25) is 0 Å². The van der Waals surface area contributed by atoms with Gasteiger partial charge in [-0.2, -0.15) is 0 Å². The molecule has 2 heterocycles. The quantitative estimate of drug-likeness (QED) is 0.702. The van der Waals surface area contributed by atoms with Crippen LogP contribution in [0, 0.1) is 5.92 Å². The maximum atomic E-state index is 4.00. The molecule has 2 aromatic heterocycles. The van der Waals surface area contributed by atoms with Crippen molar-refractivity contribution in [1.29, 1.82) is 0 Å². The molecule has 114 valence electrons. The van der Waals surface area contributed by atoms with E-state index in [1.54, 1.807) is 0 Å². The summed E-state index contributed by atoms with van der Waals surface area (Å²) in [6.07, 6.45) is 8.06. The van der Waals surface area contributed by atoms with E-state index in [2.05, 4.69) is 47.3 Å². The Hall–Kier alpha value is -0.640. The van der Waals surface area contributed by atoms with E-state index in [1.807, 2.05) is 22.7 Å². The van der Waals surface area contributed by atoms with Crippen LogP contribution < -0.4 is 5.32 Å². The molecule has 1 saturated carbocycles. The molecule has 3 unspecified atom stereocenters. The first kappa shape index (κ1) is 15.3. The van der Waals surface area contributed by atoms with Crippen molar-refractivity contribution in [2.45, 2.75) is 57.5 Å². The van der Waals surface area contributed by atoms with Crippen LogP contribution in [-0.2, 0) is 6.42 Å². The van der Waals surface area contributed by atoms with Gasteiger partial charge in [0.15, 0.2) is 0 Å². The second-order valence-corrected chi connectivity index (χ2v) is 8.25. The van der Waals surface area contributed by atoms with Gasteiger partial charge in [0.25, 0.3) is 0 Å². The number of thiophene rings is 2. The summed E-state index contributed by atoms with van der Waals surface area (Å²) in [6, 6.07) is 10.1. The molecule has 0 radical (unpaired) electrons. The second-order valence-electron chi connectivity index (χ2n) is 6.24. The van der Waals surface area contributed by atoms with Crippen LogP contribution in [0.1, 0.15) is 54.8 Å². The lowest BCUT2D eigenvalue weighted by Gasteiger charge is -2.28. The van der Waals surface area contributed by atoms with Gasteiger partial charge in [-0.25, -0.2) is 0 Å². The molecule has 2 aromatic rings. The van der Waals surface area contributed by atoms with Gasteiger partial charge in [-0.15, -0.1) is 22.7 Å². The van der Waals surface area contributed by atoms with Crippen molar-refractivity contribution in [1.82, 2.24) is 5.32 Å². The van der Waals surface area contributed by atoms with Crippen molar-refractivity contribution in [3.05, 3.63) is 44.8 Å². The Bertz CT molecular complexity index is 503. The predicted molar refractivity (Wildman–Crippen MR) is 94.3 cm³/mol. The van der Waals surface area contributed by atoms with Crippen LogP contribution in [0.5, 0.6) is 0 Å². The van der Waals surface area contributed by atoms with Gasteiger partial charge in [-0.1, -0.05) is 38.3 Å². The van der Waals surface area contributed by atoms with Gasteiger partial charge in [0, 0.05) is 28.3 Å². The molecule has 1 N–H and O–H groups in total. The minimum atomic E-state index is 0.481. The summed E-state index contributed by atoms with van der Waals surface area (Å²) < 4.78 is 0. The smallest absolute Gasteiger partial charge is 0.0465 e. The summed E-state index contributed by atoms with van der Waals surface area (Å²) in [5.74, 6) is 0.804. The zero-order valence-electron chi connectivity index (χ0n) is 12.8. The second kappa shape index (κ2) is 7.57. The molecule has 3 rings (SSSR count). The third-order valence-electron chi connectivity index (χ3n) is 4.65. The van der Waals surface area contributed by atoms with Crippen molar-refractivity contribution < 1.29 is 0 Å². The normalized spacial score (nSPS) is 24.6. The van der Waals surface area contributed by atoms with Crippen LogP contribution in [0.15, 0.2) is 35.0 Å². The number of hydrogen-bond acceptors (Lipinski definition) is 3. The standard InChI is InChI=1S/C18H25NS2/c1-14-7-3-2-4-9-16(14)19-17(18-10-6-12-21-18)13-15-8-5-11-20-15/h5-6,8,10-12,14,16-17,19H,2-4,7,9,13H2,1H3. The Morgan fingerprint density at radius 2 is 1.90 bits per heavy atom. The van der Waals surface area contributed by atoms with Crippen LogP contribution in [0.4, 0.5) is 0 Å². The van der Waals surface area contributed by atoms with Gasteiger partial charge in [-0.05, 0) is 41.7 Å². The average Bonchev–Trinajstić information content (AvgIpc) is 3.14. The van der Waals surface area contributed by atoms with Crippen LogP contribution in [0.3, 0.4) is 0 Å². The fourth-order valence-corrected chi connectivity index (χ4v) is 4.90. The Morgan fingerprint density at radius 1 is 1.10 bits per heavy atom. The van der Waals surface area contributed by atoms with E-state index < -0.39 is 0 Å². The first-order valence-electron chi connectivity index (χ1n) is 8.15. The van der Waals surface area contributed by atoms with E-state index in [0.717, 1.165) is 12.3 Å². The molecule has 0 amide bonds. The molecule has 1 aliphatic rings. The van der Waals surface area contributed by atoms with Gasteiger partial charge in [0.1, 0.15) is 0 Å². The highest BCUT2D eigenvalue weighted by Crippen LogP contribution is 2.29. The summed E-state index contributed by atoms with van der Waals surface area (Å²) in [7, 11) is 0. The zero-order chi connectivity index (χ0) is 14.5. The fraction of sp³-hybridized carbons (Fsp3) is 0.556. The van der Waals surface area contributed by atoms with E-state index in [1.165, 1.54) is 41.9 Å². The molecule has 0 aliphatic heterocycles. The molecule has 0 spiro atoms. The van der Waals surface area contributed by atoms with Crippen molar-refractivity contribution >= 4 is 22.7 Å². The third-order valence-corrected chi connectivity index (χ3v) is 6.53. The van der Waals surface area contributed by atoms with Gasteiger partial charge in [0.05, 0.1) is 0 Å². The van der Waals surface area contributed by atoms with Gasteiger partial charge < -0.3 is 5.32 Å². The summed E-state index contributed by atoms with van der Waals surface area (Å²) in [5, 5.41) is 8.40. The SMILES string of the molecule is CC1CCCCCC1NC(Cc1cccs1)c1cccs1. The minimum absolute atomic E-state index is 0.481. The highest BCUT2D eigenvalue weighted by Gasteiger charge is 2.24. The van der Waals surface area contributed by atoms with E-state index in [4.69, 9.17) is 0 Å². The molecular weight excluding hydrogens is 294 g/mol. The molecule has 21 heavy (non-hydrogen) atoms. The largest absolute Gasteiger partial charge is 0.306 e. The van der Waals surface area contributed by atoms with Crippen molar-refractivity contribution in [3.8, 4) is 0 Å². The molecule has 1 aliphatic carbocycles. The molecule has 3 heteroatoms. The summed E-state index contributed by atoms with van der Waals surface area (Å²) in [6.45, 7) is 2.43. The molecule has 3 atom stereocenters. The van der Waals surface area contributed by atoms with Gasteiger partial charge >= 0.3 is 0 Å². The van der Waals surface area contributed by atoms with E-state index in [9.17, 15) is 0 Å². The molecule has 1 fully saturated rings. The molecule has 1 nitrogen and oxygen atoms in total. The minimum Gasteiger partial charge on any atom is -0.306 e. The summed E-state index contributed by atoms with van der Waals surface area (Å²) in [4.78, 5) is 2.97. The first-order chi connectivity index (χ1) is 10.3. The molecular formula is C18H25NS2. The van der Waals surface area contributed by atoms with Crippen LogP contribution in [0.25, 0.3) is 0 Å². The van der Waals surface area contributed by atoms with E-state index >= 15 is 0 Å². The molecule has 0 aromatic carbocycles. The van der Waals surface area contributed by atoms with Crippen molar-refractivity contribution in [3.63, 3.8) is 0 Å².